The van der Waals surface area contributed by atoms with Crippen LogP contribution in [0.25, 0.3) is 10.8 Å². The predicted molar refractivity (Wildman–Crippen MR) is 117 cm³/mol. The molecule has 1 atom stereocenters. The Labute approximate surface area is 174 Å². The number of hydrogen-bond acceptors (Lipinski definition) is 4. The fourth-order valence-electron chi connectivity index (χ4n) is 3.69. The third-order valence-electron chi connectivity index (χ3n) is 5.38. The molecule has 0 saturated heterocycles. The summed E-state index contributed by atoms with van der Waals surface area (Å²) < 4.78 is 8.22. The van der Waals surface area contributed by atoms with E-state index in [-0.39, 0.29) is 11.9 Å². The van der Waals surface area contributed by atoms with Crippen LogP contribution < -0.4 is 15.4 Å². The number of hydrogen-bond donors (Lipinski definition) is 2. The van der Waals surface area contributed by atoms with Crippen molar-refractivity contribution in [1.29, 1.82) is 0 Å². The number of benzene rings is 3. The van der Waals surface area contributed by atoms with Crippen LogP contribution in [0.2, 0.25) is 0 Å². The van der Waals surface area contributed by atoms with E-state index in [0.717, 1.165) is 39.2 Å². The first kappa shape index (κ1) is 18.4. The second-order valence-corrected chi connectivity index (χ2v) is 7.54. The highest BCUT2D eigenvalue weighted by molar-refractivity contribution is 6.04. The number of rotatable bonds is 0. The smallest absolute Gasteiger partial charge is 0.241 e. The van der Waals surface area contributed by atoms with E-state index in [1.165, 1.54) is 0 Å². The van der Waals surface area contributed by atoms with E-state index in [0.29, 0.717) is 13.1 Å². The lowest BCUT2D eigenvalue weighted by Crippen LogP contribution is -2.38. The average Bonchev–Trinajstić information content (AvgIpc) is 3.19. The molecule has 1 aliphatic rings. The molecule has 5 rings (SSSR count). The van der Waals surface area contributed by atoms with Crippen LogP contribution in [0.1, 0.15) is 18.2 Å². The zero-order valence-electron chi connectivity index (χ0n) is 16.6. The van der Waals surface area contributed by atoms with Gasteiger partial charge in [0.1, 0.15) is 11.5 Å². The zero-order valence-corrected chi connectivity index (χ0v) is 16.6. The molecule has 0 radical (unpaired) electrons. The minimum atomic E-state index is -0.362. The van der Waals surface area contributed by atoms with Crippen molar-refractivity contribution in [3.63, 3.8) is 0 Å². The Balaban J connectivity index is 1.59. The maximum atomic E-state index is 12.8. The number of aromatic nitrogens is 2. The number of ether oxygens (including phenoxy) is 1. The van der Waals surface area contributed by atoms with Gasteiger partial charge in [-0.1, -0.05) is 30.3 Å². The van der Waals surface area contributed by atoms with Crippen LogP contribution >= 0.6 is 0 Å². The number of imidazole rings is 1. The van der Waals surface area contributed by atoms with Crippen molar-refractivity contribution in [3.8, 4) is 11.5 Å². The van der Waals surface area contributed by atoms with Crippen LogP contribution in [0.3, 0.4) is 0 Å². The Kier molecular flexibility index (Phi) is 4.69. The van der Waals surface area contributed by atoms with Gasteiger partial charge in [-0.15, -0.1) is 0 Å². The van der Waals surface area contributed by atoms with Gasteiger partial charge in [0, 0.05) is 30.4 Å². The van der Waals surface area contributed by atoms with E-state index in [2.05, 4.69) is 26.3 Å². The molecule has 4 aromatic rings. The van der Waals surface area contributed by atoms with Crippen molar-refractivity contribution in [2.75, 3.05) is 5.32 Å². The molecule has 2 heterocycles. The monoisotopic (exact) mass is 398 g/mol. The van der Waals surface area contributed by atoms with Crippen molar-refractivity contribution in [3.05, 3.63) is 84.4 Å². The van der Waals surface area contributed by atoms with E-state index in [1.54, 1.807) is 0 Å². The highest BCUT2D eigenvalue weighted by Crippen LogP contribution is 2.30. The quantitative estimate of drug-likeness (QED) is 0.463. The van der Waals surface area contributed by atoms with Crippen LogP contribution in [0.4, 0.5) is 5.69 Å². The molecular formula is C24H22N4O2. The number of nitrogens with one attached hydrogen (secondary N) is 2. The number of fused-ring (bicyclic) bond motifs is 4. The molecule has 0 aliphatic carbocycles. The SMILES string of the molecule is CC1NCc2cncn2Cc2cccc(c2)Oc2ccc3cccc(c3c2)NC1=O. The molecule has 150 valence electrons. The summed E-state index contributed by atoms with van der Waals surface area (Å²) in [5.41, 5.74) is 2.90. The van der Waals surface area contributed by atoms with E-state index in [9.17, 15) is 4.79 Å². The van der Waals surface area contributed by atoms with E-state index in [4.69, 9.17) is 4.74 Å². The van der Waals surface area contributed by atoms with Gasteiger partial charge in [-0.3, -0.25) is 4.79 Å². The molecule has 30 heavy (non-hydrogen) atoms. The van der Waals surface area contributed by atoms with Crippen LogP contribution in [-0.4, -0.2) is 21.5 Å². The standard InChI is InChI=1S/C24H22N4O2/c1-16-24(29)27-23-7-3-5-18-8-9-21(11-22(18)23)30-20-6-2-4-17(10-20)14-28-15-25-12-19(28)13-26-16/h2-12,15-16,26H,13-14H2,1H3,(H,27,29). The van der Waals surface area contributed by atoms with Gasteiger partial charge in [-0.05, 0) is 48.2 Å². The summed E-state index contributed by atoms with van der Waals surface area (Å²) in [6.45, 7) is 3.09. The van der Waals surface area contributed by atoms with Gasteiger partial charge in [-0.2, -0.15) is 0 Å². The molecule has 1 amide bonds. The molecule has 4 bridgehead atoms. The number of amides is 1. The maximum Gasteiger partial charge on any atom is 0.241 e. The molecule has 0 fully saturated rings. The summed E-state index contributed by atoms with van der Waals surface area (Å²) >= 11 is 0. The van der Waals surface area contributed by atoms with E-state index >= 15 is 0 Å². The lowest BCUT2D eigenvalue weighted by Gasteiger charge is -2.17. The largest absolute Gasteiger partial charge is 0.457 e. The molecule has 1 aliphatic heterocycles. The summed E-state index contributed by atoms with van der Waals surface area (Å²) in [6, 6.07) is 19.5. The second kappa shape index (κ2) is 7.65. The maximum absolute atomic E-state index is 12.8. The Morgan fingerprint density at radius 2 is 1.93 bits per heavy atom. The lowest BCUT2D eigenvalue weighted by molar-refractivity contribution is -0.117. The third-order valence-corrected chi connectivity index (χ3v) is 5.38. The molecule has 1 unspecified atom stereocenters. The first-order valence-corrected chi connectivity index (χ1v) is 9.98. The Bertz CT molecular complexity index is 1230. The minimum Gasteiger partial charge on any atom is -0.457 e. The molecular weight excluding hydrogens is 376 g/mol. The van der Waals surface area contributed by atoms with E-state index in [1.807, 2.05) is 74.0 Å². The van der Waals surface area contributed by atoms with Gasteiger partial charge in [0.05, 0.1) is 18.1 Å². The molecule has 0 spiro atoms. The van der Waals surface area contributed by atoms with Crippen LogP contribution in [-0.2, 0) is 17.9 Å². The van der Waals surface area contributed by atoms with Gasteiger partial charge in [-0.25, -0.2) is 4.98 Å². The normalized spacial score (nSPS) is 16.7. The number of carbonyl (C=O) groups excluding carboxylic acids is 1. The summed E-state index contributed by atoms with van der Waals surface area (Å²) in [5.74, 6) is 1.41. The molecule has 6 heteroatoms. The second-order valence-electron chi connectivity index (χ2n) is 7.54. The third kappa shape index (κ3) is 3.65. The fourth-order valence-corrected chi connectivity index (χ4v) is 3.69. The Morgan fingerprint density at radius 1 is 1.07 bits per heavy atom. The van der Waals surface area contributed by atoms with Crippen molar-refractivity contribution >= 4 is 22.4 Å². The van der Waals surface area contributed by atoms with Crippen molar-refractivity contribution < 1.29 is 9.53 Å². The summed E-state index contributed by atoms with van der Waals surface area (Å²) in [6.07, 6.45) is 3.63. The van der Waals surface area contributed by atoms with Gasteiger partial charge in [0.2, 0.25) is 5.91 Å². The topological polar surface area (TPSA) is 68.2 Å². The van der Waals surface area contributed by atoms with Crippen LogP contribution in [0.5, 0.6) is 11.5 Å². The van der Waals surface area contributed by atoms with Crippen molar-refractivity contribution in [2.45, 2.75) is 26.1 Å². The lowest BCUT2D eigenvalue weighted by atomic mass is 10.1. The summed E-state index contributed by atoms with van der Waals surface area (Å²) in [5, 5.41) is 8.34. The molecule has 6 nitrogen and oxygen atoms in total. The van der Waals surface area contributed by atoms with E-state index < -0.39 is 0 Å². The van der Waals surface area contributed by atoms with Crippen LogP contribution in [0, 0.1) is 0 Å². The highest BCUT2D eigenvalue weighted by atomic mass is 16.5. The van der Waals surface area contributed by atoms with Gasteiger partial charge in [0.25, 0.3) is 0 Å². The van der Waals surface area contributed by atoms with Crippen molar-refractivity contribution in [2.24, 2.45) is 0 Å². The summed E-state index contributed by atoms with van der Waals surface area (Å²) in [4.78, 5) is 17.1. The van der Waals surface area contributed by atoms with Gasteiger partial charge in [0.15, 0.2) is 0 Å². The van der Waals surface area contributed by atoms with Gasteiger partial charge >= 0.3 is 0 Å². The first-order valence-electron chi connectivity index (χ1n) is 9.98. The zero-order chi connectivity index (χ0) is 20.5. The van der Waals surface area contributed by atoms with Crippen LogP contribution in [0.15, 0.2) is 73.2 Å². The first-order chi connectivity index (χ1) is 14.7. The number of carbonyl (C=O) groups is 1. The number of nitrogens with zero attached hydrogens (tertiary/aromatic N) is 2. The number of anilines is 1. The average molecular weight is 398 g/mol. The molecule has 1 aromatic heterocycles. The van der Waals surface area contributed by atoms with Gasteiger partial charge < -0.3 is 19.9 Å². The Hall–Kier alpha value is -3.64. The molecule has 2 N–H and O–H groups in total. The van der Waals surface area contributed by atoms with Crippen molar-refractivity contribution in [1.82, 2.24) is 14.9 Å². The minimum absolute atomic E-state index is 0.0859. The Morgan fingerprint density at radius 3 is 2.87 bits per heavy atom. The highest BCUT2D eigenvalue weighted by Gasteiger charge is 2.15. The fraction of sp³-hybridized carbons (Fsp3) is 0.167. The summed E-state index contributed by atoms with van der Waals surface area (Å²) in [7, 11) is 0. The molecule has 3 aromatic carbocycles. The molecule has 0 saturated carbocycles. The predicted octanol–water partition coefficient (Wildman–Crippen LogP) is 4.31.